The van der Waals surface area contributed by atoms with Crippen molar-refractivity contribution in [3.05, 3.63) is 21.3 Å². The van der Waals surface area contributed by atoms with E-state index < -0.39 is 22.7 Å². The summed E-state index contributed by atoms with van der Waals surface area (Å²) in [6.45, 7) is 5.31. The number of carbonyl (C=O) groups is 1. The molecule has 1 aliphatic heterocycles. The number of carbonyl (C=O) groups excluding carboxylic acids is 1. The molecular formula is C13H18ClN3O3S2. The summed E-state index contributed by atoms with van der Waals surface area (Å²) in [5, 5.41) is 5.00. The predicted octanol–water partition coefficient (Wildman–Crippen LogP) is 2.93. The van der Waals surface area contributed by atoms with E-state index in [1.807, 2.05) is 5.38 Å². The first-order valence-corrected chi connectivity index (χ1v) is 9.13. The van der Waals surface area contributed by atoms with Gasteiger partial charge in [0, 0.05) is 11.9 Å². The quantitative estimate of drug-likeness (QED) is 0.833. The lowest BCUT2D eigenvalue weighted by Crippen LogP contribution is -2.48. The maximum atomic E-state index is 12.2. The molecule has 1 N–H and O–H groups in total. The van der Waals surface area contributed by atoms with E-state index in [2.05, 4.69) is 10.3 Å². The number of guanidine groups is 1. The Morgan fingerprint density at radius 3 is 2.82 bits per heavy atom. The highest BCUT2D eigenvalue weighted by atomic mass is 35.5. The Hall–Kier alpha value is -1.12. The molecule has 2 unspecified atom stereocenters. The summed E-state index contributed by atoms with van der Waals surface area (Å²) in [5.74, 6) is 0.546. The van der Waals surface area contributed by atoms with Crippen molar-refractivity contribution in [2.24, 2.45) is 4.99 Å². The lowest BCUT2D eigenvalue weighted by molar-refractivity contribution is 0.0559. The molecule has 0 saturated carbocycles. The largest absolute Gasteiger partial charge is 0.444 e. The number of halogens is 1. The Balaban J connectivity index is 2.20. The number of aliphatic imine (C=N–C) groups is 1. The van der Waals surface area contributed by atoms with Crippen LogP contribution in [0.15, 0.2) is 16.4 Å². The van der Waals surface area contributed by atoms with E-state index in [1.54, 1.807) is 33.9 Å². The molecule has 0 fully saturated rings. The zero-order valence-corrected chi connectivity index (χ0v) is 15.1. The van der Waals surface area contributed by atoms with E-state index in [4.69, 9.17) is 16.3 Å². The van der Waals surface area contributed by atoms with Gasteiger partial charge in [0.15, 0.2) is 0 Å². The summed E-state index contributed by atoms with van der Waals surface area (Å²) < 4.78 is 18.8. The molecule has 0 bridgehead atoms. The Kier molecular flexibility index (Phi) is 5.14. The van der Waals surface area contributed by atoms with Crippen molar-refractivity contribution in [1.29, 1.82) is 0 Å². The summed E-state index contributed by atoms with van der Waals surface area (Å²) in [4.78, 5) is 17.2. The third-order valence-corrected chi connectivity index (χ3v) is 5.59. The fraction of sp³-hybridized carbons (Fsp3) is 0.538. The van der Waals surface area contributed by atoms with Gasteiger partial charge in [-0.25, -0.2) is 14.0 Å². The van der Waals surface area contributed by atoms with Crippen LogP contribution in [0.3, 0.4) is 0 Å². The van der Waals surface area contributed by atoms with Crippen molar-refractivity contribution in [2.45, 2.75) is 32.4 Å². The summed E-state index contributed by atoms with van der Waals surface area (Å²) in [7, 11) is 0.312. The summed E-state index contributed by atoms with van der Waals surface area (Å²) >= 11 is 7.57. The third kappa shape index (κ3) is 4.21. The van der Waals surface area contributed by atoms with E-state index in [1.165, 1.54) is 15.6 Å². The van der Waals surface area contributed by atoms with E-state index >= 15 is 0 Å². The van der Waals surface area contributed by atoms with Gasteiger partial charge in [-0.1, -0.05) is 11.6 Å². The second-order valence-corrected chi connectivity index (χ2v) is 8.59. The average molecular weight is 364 g/mol. The fourth-order valence-electron chi connectivity index (χ4n) is 1.79. The maximum absolute atomic E-state index is 12.2. The van der Waals surface area contributed by atoms with Crippen LogP contribution in [-0.4, -0.2) is 39.0 Å². The molecule has 0 saturated heterocycles. The van der Waals surface area contributed by atoms with E-state index in [0.29, 0.717) is 10.8 Å². The molecule has 22 heavy (non-hydrogen) atoms. The SMILES string of the molecule is CN1C(NC(=O)OC(C)(C)C)=NC(c2sccc2Cl)CS1=O. The summed E-state index contributed by atoms with van der Waals surface area (Å²) in [6.07, 6.45) is -0.631. The number of rotatable bonds is 1. The number of thiophene rings is 1. The molecule has 9 heteroatoms. The van der Waals surface area contributed by atoms with Crippen molar-refractivity contribution in [2.75, 3.05) is 12.8 Å². The molecule has 1 amide bonds. The van der Waals surface area contributed by atoms with Crippen LogP contribution in [0.1, 0.15) is 31.7 Å². The highest BCUT2D eigenvalue weighted by molar-refractivity contribution is 7.83. The van der Waals surface area contributed by atoms with Gasteiger partial charge in [-0.2, -0.15) is 0 Å². The van der Waals surface area contributed by atoms with Gasteiger partial charge < -0.3 is 4.74 Å². The molecule has 1 aromatic heterocycles. The molecule has 2 rings (SSSR count). The van der Waals surface area contributed by atoms with Gasteiger partial charge in [0.25, 0.3) is 0 Å². The monoisotopic (exact) mass is 363 g/mol. The second-order valence-electron chi connectivity index (χ2n) is 5.71. The number of amides is 1. The molecule has 122 valence electrons. The molecule has 1 aromatic rings. The smallest absolute Gasteiger partial charge is 0.414 e. The Morgan fingerprint density at radius 1 is 1.59 bits per heavy atom. The van der Waals surface area contributed by atoms with Crippen LogP contribution < -0.4 is 5.32 Å². The van der Waals surface area contributed by atoms with Gasteiger partial charge in [-0.05, 0) is 32.2 Å². The highest BCUT2D eigenvalue weighted by Gasteiger charge is 2.30. The van der Waals surface area contributed by atoms with Gasteiger partial charge in [0.05, 0.1) is 10.8 Å². The standard InChI is InChI=1S/C13H18ClN3O3S2/c1-13(2,3)20-12(18)16-11-15-9(7-22(19)17(11)4)10-8(14)5-6-21-10/h5-6,9H,7H2,1-4H3,(H,15,16,18). The predicted molar refractivity (Wildman–Crippen MR) is 89.6 cm³/mol. The highest BCUT2D eigenvalue weighted by Crippen LogP contribution is 2.33. The van der Waals surface area contributed by atoms with Crippen LogP contribution in [-0.2, 0) is 15.7 Å². The van der Waals surface area contributed by atoms with Crippen LogP contribution in [0.25, 0.3) is 0 Å². The molecule has 0 aromatic carbocycles. The minimum atomic E-state index is -1.30. The first-order chi connectivity index (χ1) is 10.2. The fourth-order valence-corrected chi connectivity index (χ4v) is 4.14. The molecule has 0 radical (unpaired) electrons. The van der Waals surface area contributed by atoms with Gasteiger partial charge in [-0.15, -0.1) is 11.3 Å². The molecule has 6 nitrogen and oxygen atoms in total. The van der Waals surface area contributed by atoms with E-state index in [-0.39, 0.29) is 12.0 Å². The van der Waals surface area contributed by atoms with Crippen LogP contribution in [0, 0.1) is 0 Å². The molecular weight excluding hydrogens is 346 g/mol. The Labute approximate surface area is 141 Å². The zero-order chi connectivity index (χ0) is 16.5. The third-order valence-electron chi connectivity index (χ3n) is 2.74. The molecule has 1 aliphatic rings. The van der Waals surface area contributed by atoms with Crippen molar-refractivity contribution in [3.63, 3.8) is 0 Å². The van der Waals surface area contributed by atoms with Crippen LogP contribution in [0.2, 0.25) is 5.02 Å². The Bertz CT molecular complexity index is 624. The Morgan fingerprint density at radius 2 is 2.27 bits per heavy atom. The number of hydrogen-bond acceptors (Lipinski definition) is 5. The lowest BCUT2D eigenvalue weighted by atomic mass is 10.2. The topological polar surface area (TPSA) is 71.0 Å². The molecule has 0 spiro atoms. The van der Waals surface area contributed by atoms with Crippen LogP contribution in [0.5, 0.6) is 0 Å². The summed E-state index contributed by atoms with van der Waals surface area (Å²) in [5.41, 5.74) is -0.618. The van der Waals surface area contributed by atoms with Gasteiger partial charge in [0.2, 0.25) is 5.96 Å². The summed E-state index contributed by atoms with van der Waals surface area (Å²) in [6, 6.07) is 1.44. The van der Waals surface area contributed by atoms with Crippen LogP contribution in [0.4, 0.5) is 4.79 Å². The first-order valence-electron chi connectivity index (χ1n) is 6.60. The van der Waals surface area contributed by atoms with Gasteiger partial charge >= 0.3 is 6.09 Å². The van der Waals surface area contributed by atoms with Crippen molar-refractivity contribution >= 4 is 46.0 Å². The van der Waals surface area contributed by atoms with Crippen LogP contribution >= 0.6 is 22.9 Å². The number of nitrogens with one attached hydrogen (secondary N) is 1. The second kappa shape index (κ2) is 6.55. The van der Waals surface area contributed by atoms with Crippen molar-refractivity contribution in [1.82, 2.24) is 9.62 Å². The normalized spacial score (nSPS) is 22.2. The van der Waals surface area contributed by atoms with Crippen molar-refractivity contribution < 1.29 is 13.7 Å². The van der Waals surface area contributed by atoms with Crippen molar-refractivity contribution in [3.8, 4) is 0 Å². The lowest BCUT2D eigenvalue weighted by Gasteiger charge is -2.29. The number of ether oxygens (including phenoxy) is 1. The first kappa shape index (κ1) is 17.2. The number of nitrogens with zero attached hydrogens (tertiary/aromatic N) is 2. The molecule has 2 heterocycles. The average Bonchev–Trinajstić information content (AvgIpc) is 2.78. The van der Waals surface area contributed by atoms with E-state index in [9.17, 15) is 9.00 Å². The molecule has 2 atom stereocenters. The zero-order valence-electron chi connectivity index (χ0n) is 12.8. The molecule has 0 aliphatic carbocycles. The maximum Gasteiger partial charge on any atom is 0.414 e. The minimum absolute atomic E-state index is 0.216. The number of hydrogen-bond donors (Lipinski definition) is 1. The number of alkyl carbamates (subject to hydrolysis) is 1. The van der Waals surface area contributed by atoms with Gasteiger partial charge in [-0.3, -0.25) is 9.62 Å². The van der Waals surface area contributed by atoms with E-state index in [0.717, 1.165) is 4.88 Å². The van der Waals surface area contributed by atoms with Gasteiger partial charge in [0.1, 0.15) is 22.6 Å². The minimum Gasteiger partial charge on any atom is -0.444 e.